The van der Waals surface area contributed by atoms with Gasteiger partial charge in [0.05, 0.1) is 0 Å². The molecule has 0 bridgehead atoms. The number of anilines is 2. The fourth-order valence-corrected chi connectivity index (χ4v) is 1.52. The van der Waals surface area contributed by atoms with Crippen molar-refractivity contribution in [2.24, 2.45) is 0 Å². The standard InChI is InChI=1S/C10H7BrN2O3/c11-6-2-1-3-7(4-6)12-10-13-8(5-16-10)9(14)15/h1-5H,(H,12,13)(H,14,15). The molecule has 0 aliphatic rings. The Labute approximate surface area is 99.2 Å². The zero-order chi connectivity index (χ0) is 11.5. The van der Waals surface area contributed by atoms with E-state index in [1.54, 1.807) is 0 Å². The van der Waals surface area contributed by atoms with Crippen molar-refractivity contribution in [3.63, 3.8) is 0 Å². The first-order valence-electron chi connectivity index (χ1n) is 4.36. The second kappa shape index (κ2) is 4.36. The van der Waals surface area contributed by atoms with Crippen LogP contribution in [0.4, 0.5) is 11.7 Å². The molecule has 2 N–H and O–H groups in total. The van der Waals surface area contributed by atoms with Crippen LogP contribution in [0.1, 0.15) is 10.5 Å². The third-order valence-electron chi connectivity index (χ3n) is 1.80. The largest absolute Gasteiger partial charge is 0.476 e. The Bertz CT molecular complexity index is 524. The number of halogens is 1. The Morgan fingerprint density at radius 2 is 2.31 bits per heavy atom. The number of carbonyl (C=O) groups is 1. The molecule has 1 heterocycles. The Morgan fingerprint density at radius 1 is 1.50 bits per heavy atom. The van der Waals surface area contributed by atoms with E-state index < -0.39 is 5.97 Å². The number of benzene rings is 1. The summed E-state index contributed by atoms with van der Waals surface area (Å²) in [6, 6.07) is 7.51. The van der Waals surface area contributed by atoms with E-state index in [0.29, 0.717) is 0 Å². The Morgan fingerprint density at radius 3 is 2.94 bits per heavy atom. The molecule has 0 radical (unpaired) electrons. The molecule has 0 amide bonds. The van der Waals surface area contributed by atoms with Crippen LogP contribution in [-0.2, 0) is 0 Å². The van der Waals surface area contributed by atoms with E-state index >= 15 is 0 Å². The topological polar surface area (TPSA) is 75.4 Å². The van der Waals surface area contributed by atoms with Crippen molar-refractivity contribution in [1.82, 2.24) is 4.98 Å². The highest BCUT2D eigenvalue weighted by atomic mass is 79.9. The van der Waals surface area contributed by atoms with E-state index in [1.807, 2.05) is 24.3 Å². The number of nitrogens with zero attached hydrogens (tertiary/aromatic N) is 1. The molecule has 0 aliphatic carbocycles. The molecular weight excluding hydrogens is 276 g/mol. The van der Waals surface area contributed by atoms with Gasteiger partial charge in [0.25, 0.3) is 6.01 Å². The Kier molecular flexibility index (Phi) is 2.91. The molecule has 82 valence electrons. The second-order valence-electron chi connectivity index (χ2n) is 2.98. The molecule has 16 heavy (non-hydrogen) atoms. The van der Waals surface area contributed by atoms with Gasteiger partial charge < -0.3 is 14.8 Å². The summed E-state index contributed by atoms with van der Waals surface area (Å²) in [5.74, 6) is -1.12. The van der Waals surface area contributed by atoms with Gasteiger partial charge in [0, 0.05) is 10.2 Å². The number of aromatic nitrogens is 1. The van der Waals surface area contributed by atoms with Crippen LogP contribution in [0.25, 0.3) is 0 Å². The molecule has 0 atom stereocenters. The van der Waals surface area contributed by atoms with Crippen LogP contribution in [0.2, 0.25) is 0 Å². The van der Waals surface area contributed by atoms with Gasteiger partial charge in [0.15, 0.2) is 5.69 Å². The average molecular weight is 283 g/mol. The molecule has 0 unspecified atom stereocenters. The lowest BCUT2D eigenvalue weighted by atomic mass is 10.3. The van der Waals surface area contributed by atoms with Gasteiger partial charge in [-0.1, -0.05) is 22.0 Å². The van der Waals surface area contributed by atoms with Gasteiger partial charge in [-0.15, -0.1) is 0 Å². The number of nitrogens with one attached hydrogen (secondary N) is 1. The Hall–Kier alpha value is -1.82. The molecule has 2 rings (SSSR count). The highest BCUT2D eigenvalue weighted by Gasteiger charge is 2.10. The molecule has 1 aromatic heterocycles. The second-order valence-corrected chi connectivity index (χ2v) is 3.89. The summed E-state index contributed by atoms with van der Waals surface area (Å²) in [5.41, 5.74) is 0.630. The van der Waals surface area contributed by atoms with Crippen LogP contribution in [0.5, 0.6) is 0 Å². The third-order valence-corrected chi connectivity index (χ3v) is 2.29. The van der Waals surface area contributed by atoms with Crippen molar-refractivity contribution >= 4 is 33.6 Å². The fraction of sp³-hybridized carbons (Fsp3) is 0. The van der Waals surface area contributed by atoms with Crippen molar-refractivity contribution in [1.29, 1.82) is 0 Å². The van der Waals surface area contributed by atoms with Crippen LogP contribution in [0.3, 0.4) is 0 Å². The number of hydrogen-bond acceptors (Lipinski definition) is 4. The summed E-state index contributed by atoms with van der Waals surface area (Å²) in [7, 11) is 0. The predicted molar refractivity (Wildman–Crippen MR) is 60.9 cm³/mol. The average Bonchev–Trinajstić information content (AvgIpc) is 2.66. The summed E-state index contributed by atoms with van der Waals surface area (Å²) in [5, 5.41) is 11.5. The van der Waals surface area contributed by atoms with E-state index in [1.165, 1.54) is 0 Å². The van der Waals surface area contributed by atoms with Gasteiger partial charge in [0.2, 0.25) is 0 Å². The monoisotopic (exact) mass is 282 g/mol. The number of aromatic carboxylic acids is 1. The first-order chi connectivity index (χ1) is 7.65. The van der Waals surface area contributed by atoms with Gasteiger partial charge in [0.1, 0.15) is 6.26 Å². The third kappa shape index (κ3) is 2.40. The molecule has 0 saturated heterocycles. The van der Waals surface area contributed by atoms with Crippen molar-refractivity contribution in [3.8, 4) is 0 Å². The zero-order valence-corrected chi connectivity index (χ0v) is 9.56. The van der Waals surface area contributed by atoms with Crippen molar-refractivity contribution in [2.75, 3.05) is 5.32 Å². The van der Waals surface area contributed by atoms with Crippen LogP contribution in [0.15, 0.2) is 39.4 Å². The molecule has 1 aromatic carbocycles. The Balaban J connectivity index is 2.17. The molecular formula is C10H7BrN2O3. The van der Waals surface area contributed by atoms with Gasteiger partial charge >= 0.3 is 5.97 Å². The lowest BCUT2D eigenvalue weighted by Crippen LogP contribution is -1.97. The first-order valence-corrected chi connectivity index (χ1v) is 5.16. The maximum atomic E-state index is 10.6. The van der Waals surface area contributed by atoms with E-state index in [9.17, 15) is 4.79 Å². The number of hydrogen-bond donors (Lipinski definition) is 2. The summed E-state index contributed by atoms with van der Waals surface area (Å²) in [6.45, 7) is 0. The molecule has 0 fully saturated rings. The number of rotatable bonds is 3. The normalized spacial score (nSPS) is 10.1. The number of carboxylic acid groups (broad SMARTS) is 1. The van der Waals surface area contributed by atoms with E-state index in [2.05, 4.69) is 26.2 Å². The minimum Gasteiger partial charge on any atom is -0.476 e. The number of carboxylic acids is 1. The maximum absolute atomic E-state index is 10.6. The van der Waals surface area contributed by atoms with Gasteiger partial charge in [-0.3, -0.25) is 0 Å². The smallest absolute Gasteiger partial charge is 0.357 e. The lowest BCUT2D eigenvalue weighted by Gasteiger charge is -2.00. The predicted octanol–water partition coefficient (Wildman–Crippen LogP) is 2.88. The summed E-state index contributed by atoms with van der Waals surface area (Å²) < 4.78 is 5.86. The highest BCUT2D eigenvalue weighted by molar-refractivity contribution is 9.10. The van der Waals surface area contributed by atoms with Crippen LogP contribution in [0, 0.1) is 0 Å². The molecule has 6 heteroatoms. The molecule has 0 spiro atoms. The van der Waals surface area contributed by atoms with Crippen LogP contribution in [-0.4, -0.2) is 16.1 Å². The quantitative estimate of drug-likeness (QED) is 0.905. The SMILES string of the molecule is O=C(O)c1coc(Nc2cccc(Br)c2)n1. The lowest BCUT2D eigenvalue weighted by molar-refractivity contribution is 0.0690. The molecule has 5 nitrogen and oxygen atoms in total. The molecule has 2 aromatic rings. The zero-order valence-electron chi connectivity index (χ0n) is 7.98. The van der Waals surface area contributed by atoms with Gasteiger partial charge in [-0.25, -0.2) is 4.79 Å². The van der Waals surface area contributed by atoms with Gasteiger partial charge in [-0.05, 0) is 18.2 Å². The molecule has 0 saturated carbocycles. The van der Waals surface area contributed by atoms with Gasteiger partial charge in [-0.2, -0.15) is 4.98 Å². The highest BCUT2D eigenvalue weighted by Crippen LogP contribution is 2.19. The van der Waals surface area contributed by atoms with Crippen molar-refractivity contribution < 1.29 is 14.3 Å². The van der Waals surface area contributed by atoms with Crippen LogP contribution < -0.4 is 5.32 Å². The maximum Gasteiger partial charge on any atom is 0.357 e. The van der Waals surface area contributed by atoms with E-state index in [4.69, 9.17) is 9.52 Å². The number of oxazole rings is 1. The minimum absolute atomic E-state index is 0.127. The van der Waals surface area contributed by atoms with Crippen LogP contribution >= 0.6 is 15.9 Å². The summed E-state index contributed by atoms with van der Waals surface area (Å²) in [6.07, 6.45) is 1.09. The van der Waals surface area contributed by atoms with Crippen molar-refractivity contribution in [2.45, 2.75) is 0 Å². The summed E-state index contributed by atoms with van der Waals surface area (Å²) in [4.78, 5) is 14.3. The van der Waals surface area contributed by atoms with E-state index in [0.717, 1.165) is 16.4 Å². The summed E-state index contributed by atoms with van der Waals surface area (Å²) >= 11 is 3.32. The first kappa shape index (κ1) is 10.7. The molecule has 0 aliphatic heterocycles. The minimum atomic E-state index is -1.12. The van der Waals surface area contributed by atoms with E-state index in [-0.39, 0.29) is 11.7 Å². The van der Waals surface area contributed by atoms with Crippen molar-refractivity contribution in [3.05, 3.63) is 40.7 Å². The fourth-order valence-electron chi connectivity index (χ4n) is 1.12.